The summed E-state index contributed by atoms with van der Waals surface area (Å²) in [5, 5.41) is 3.15. The smallest absolute Gasteiger partial charge is 0.223 e. The minimum absolute atomic E-state index is 0.122. The fraction of sp³-hybridized carbons (Fsp3) is 0.667. The van der Waals surface area contributed by atoms with Crippen LogP contribution in [0.2, 0.25) is 0 Å². The summed E-state index contributed by atoms with van der Waals surface area (Å²) >= 11 is 0. The van der Waals surface area contributed by atoms with Gasteiger partial charge in [0, 0.05) is 31.4 Å². The van der Waals surface area contributed by atoms with Crippen LogP contribution in [0, 0.1) is 12.8 Å². The number of aromatic nitrogens is 1. The molecule has 23 heavy (non-hydrogen) atoms. The molecule has 1 atom stereocenters. The molecule has 1 saturated heterocycles. The van der Waals surface area contributed by atoms with Crippen LogP contribution in [0.4, 0.5) is 5.69 Å². The maximum absolute atomic E-state index is 12.6. The van der Waals surface area contributed by atoms with E-state index < -0.39 is 0 Å². The summed E-state index contributed by atoms with van der Waals surface area (Å²) < 4.78 is 5.88. The Hall–Kier alpha value is -1.62. The van der Waals surface area contributed by atoms with Crippen molar-refractivity contribution in [2.75, 3.05) is 32.1 Å². The standard InChI is InChI=1S/C18H27N3O2/c1-13-9-15(19-2)11-16(20-13)17-12-21(7-8-23-17)18(22)10-14-5-3-4-6-14/h9,11,14,17H,3-8,10,12H2,1-2H3,(H,19,20)/t17-/m1/s1. The van der Waals surface area contributed by atoms with Crippen LogP contribution in [0.5, 0.6) is 0 Å². The van der Waals surface area contributed by atoms with E-state index in [1.165, 1.54) is 25.7 Å². The molecule has 0 unspecified atom stereocenters. The quantitative estimate of drug-likeness (QED) is 0.928. The summed E-state index contributed by atoms with van der Waals surface area (Å²) in [5.74, 6) is 0.878. The Kier molecular flexibility index (Phi) is 5.16. The molecule has 0 radical (unpaired) electrons. The molecule has 0 spiro atoms. The van der Waals surface area contributed by atoms with Crippen molar-refractivity contribution in [3.05, 3.63) is 23.5 Å². The molecule has 2 fully saturated rings. The highest BCUT2D eigenvalue weighted by Crippen LogP contribution is 2.29. The highest BCUT2D eigenvalue weighted by molar-refractivity contribution is 5.76. The lowest BCUT2D eigenvalue weighted by molar-refractivity contribution is -0.140. The van der Waals surface area contributed by atoms with Gasteiger partial charge in [-0.15, -0.1) is 0 Å². The molecular formula is C18H27N3O2. The Bertz CT molecular complexity index is 555. The number of nitrogens with one attached hydrogen (secondary N) is 1. The number of ether oxygens (including phenoxy) is 1. The van der Waals surface area contributed by atoms with Gasteiger partial charge in [-0.1, -0.05) is 12.8 Å². The Morgan fingerprint density at radius 1 is 1.39 bits per heavy atom. The number of morpholine rings is 1. The molecular weight excluding hydrogens is 290 g/mol. The summed E-state index contributed by atoms with van der Waals surface area (Å²) in [6, 6.07) is 4.03. The zero-order chi connectivity index (χ0) is 16.2. The molecule has 2 aliphatic rings. The van der Waals surface area contributed by atoms with E-state index in [1.54, 1.807) is 0 Å². The third-order valence-electron chi connectivity index (χ3n) is 4.95. The van der Waals surface area contributed by atoms with Gasteiger partial charge in [0.25, 0.3) is 0 Å². The number of rotatable bonds is 4. The van der Waals surface area contributed by atoms with Gasteiger partial charge in [0.05, 0.1) is 18.8 Å². The fourth-order valence-corrected chi connectivity index (χ4v) is 3.65. The van der Waals surface area contributed by atoms with Crippen molar-refractivity contribution in [3.8, 4) is 0 Å². The number of carbonyl (C=O) groups is 1. The van der Waals surface area contributed by atoms with E-state index in [1.807, 2.05) is 31.0 Å². The van der Waals surface area contributed by atoms with Crippen molar-refractivity contribution in [1.29, 1.82) is 0 Å². The highest BCUT2D eigenvalue weighted by atomic mass is 16.5. The van der Waals surface area contributed by atoms with Gasteiger partial charge in [0.2, 0.25) is 5.91 Å². The Morgan fingerprint density at radius 2 is 2.17 bits per heavy atom. The van der Waals surface area contributed by atoms with Crippen LogP contribution in [-0.4, -0.2) is 42.5 Å². The van der Waals surface area contributed by atoms with E-state index in [4.69, 9.17) is 4.74 Å². The summed E-state index contributed by atoms with van der Waals surface area (Å²) in [6.45, 7) is 3.89. The van der Waals surface area contributed by atoms with Crippen molar-refractivity contribution >= 4 is 11.6 Å². The third kappa shape index (κ3) is 4.02. The van der Waals surface area contributed by atoms with Crippen LogP contribution in [0.1, 0.15) is 49.6 Å². The molecule has 1 aliphatic heterocycles. The van der Waals surface area contributed by atoms with Crippen LogP contribution < -0.4 is 5.32 Å². The number of nitrogens with zero attached hydrogens (tertiary/aromatic N) is 2. The number of amides is 1. The van der Waals surface area contributed by atoms with E-state index in [9.17, 15) is 4.79 Å². The first-order valence-electron chi connectivity index (χ1n) is 8.71. The number of hydrogen-bond acceptors (Lipinski definition) is 4. The van der Waals surface area contributed by atoms with Crippen LogP contribution in [0.25, 0.3) is 0 Å². The van der Waals surface area contributed by atoms with Gasteiger partial charge in [-0.25, -0.2) is 0 Å². The summed E-state index contributed by atoms with van der Waals surface area (Å²) in [7, 11) is 1.90. The Balaban J connectivity index is 1.65. The number of anilines is 1. The van der Waals surface area contributed by atoms with Gasteiger partial charge >= 0.3 is 0 Å². The summed E-state index contributed by atoms with van der Waals surface area (Å²) in [5.41, 5.74) is 2.91. The summed E-state index contributed by atoms with van der Waals surface area (Å²) in [4.78, 5) is 19.1. The van der Waals surface area contributed by atoms with E-state index in [0.717, 1.165) is 17.1 Å². The number of hydrogen-bond donors (Lipinski definition) is 1. The first-order chi connectivity index (χ1) is 11.2. The van der Waals surface area contributed by atoms with Crippen molar-refractivity contribution in [3.63, 3.8) is 0 Å². The molecule has 126 valence electrons. The molecule has 3 rings (SSSR count). The predicted octanol–water partition coefficient (Wildman–Crippen LogP) is 2.91. The Labute approximate surface area is 138 Å². The monoisotopic (exact) mass is 317 g/mol. The van der Waals surface area contributed by atoms with E-state index in [0.29, 0.717) is 32.0 Å². The zero-order valence-electron chi connectivity index (χ0n) is 14.2. The van der Waals surface area contributed by atoms with Gasteiger partial charge < -0.3 is 15.0 Å². The molecule has 1 aromatic heterocycles. The van der Waals surface area contributed by atoms with Crippen molar-refractivity contribution < 1.29 is 9.53 Å². The van der Waals surface area contributed by atoms with Gasteiger partial charge in [-0.3, -0.25) is 9.78 Å². The minimum Gasteiger partial charge on any atom is -0.388 e. The average Bonchev–Trinajstić information content (AvgIpc) is 3.07. The van der Waals surface area contributed by atoms with Crippen LogP contribution in [0.15, 0.2) is 12.1 Å². The van der Waals surface area contributed by atoms with Crippen LogP contribution >= 0.6 is 0 Å². The second-order valence-corrected chi connectivity index (χ2v) is 6.73. The lowest BCUT2D eigenvalue weighted by Gasteiger charge is -2.33. The second kappa shape index (κ2) is 7.30. The molecule has 1 amide bonds. The molecule has 1 aromatic rings. The molecule has 0 bridgehead atoms. The van der Waals surface area contributed by atoms with Crippen LogP contribution in [0.3, 0.4) is 0 Å². The predicted molar refractivity (Wildman–Crippen MR) is 90.4 cm³/mol. The normalized spacial score (nSPS) is 22.3. The number of aryl methyl sites for hydroxylation is 1. The SMILES string of the molecule is CNc1cc(C)nc([C@H]2CN(C(=O)CC3CCCC3)CCO2)c1. The second-order valence-electron chi connectivity index (χ2n) is 6.73. The average molecular weight is 317 g/mol. The molecule has 5 heteroatoms. The molecule has 1 aliphatic carbocycles. The minimum atomic E-state index is -0.122. The first-order valence-corrected chi connectivity index (χ1v) is 8.71. The van der Waals surface area contributed by atoms with E-state index >= 15 is 0 Å². The lowest BCUT2D eigenvalue weighted by Crippen LogP contribution is -2.43. The van der Waals surface area contributed by atoms with Crippen molar-refractivity contribution in [2.45, 2.75) is 45.1 Å². The fourth-order valence-electron chi connectivity index (χ4n) is 3.65. The van der Waals surface area contributed by atoms with Crippen LogP contribution in [-0.2, 0) is 9.53 Å². The number of carbonyl (C=O) groups excluding carboxylic acids is 1. The molecule has 1 N–H and O–H groups in total. The van der Waals surface area contributed by atoms with Gasteiger partial charge in [-0.05, 0) is 37.8 Å². The van der Waals surface area contributed by atoms with Gasteiger partial charge in [-0.2, -0.15) is 0 Å². The molecule has 2 heterocycles. The summed E-state index contributed by atoms with van der Waals surface area (Å²) in [6.07, 6.45) is 5.57. The molecule has 1 saturated carbocycles. The van der Waals surface area contributed by atoms with E-state index in [-0.39, 0.29) is 12.0 Å². The maximum atomic E-state index is 12.6. The van der Waals surface area contributed by atoms with Crippen molar-refractivity contribution in [1.82, 2.24) is 9.88 Å². The maximum Gasteiger partial charge on any atom is 0.223 e. The largest absolute Gasteiger partial charge is 0.388 e. The topological polar surface area (TPSA) is 54.5 Å². The lowest BCUT2D eigenvalue weighted by atomic mass is 10.0. The highest BCUT2D eigenvalue weighted by Gasteiger charge is 2.28. The molecule has 0 aromatic carbocycles. The third-order valence-corrected chi connectivity index (χ3v) is 4.95. The molecule has 5 nitrogen and oxygen atoms in total. The van der Waals surface area contributed by atoms with Gasteiger partial charge in [0.1, 0.15) is 6.10 Å². The first kappa shape index (κ1) is 16.2. The zero-order valence-corrected chi connectivity index (χ0v) is 14.2. The Morgan fingerprint density at radius 3 is 2.91 bits per heavy atom. The van der Waals surface area contributed by atoms with Gasteiger partial charge in [0.15, 0.2) is 0 Å². The van der Waals surface area contributed by atoms with E-state index in [2.05, 4.69) is 10.3 Å². The number of pyridine rings is 1. The van der Waals surface area contributed by atoms with Crippen molar-refractivity contribution in [2.24, 2.45) is 5.92 Å².